The Labute approximate surface area is 106 Å². The highest BCUT2D eigenvalue weighted by Gasteiger charge is 2.43. The van der Waals surface area contributed by atoms with E-state index in [0.717, 1.165) is 30.3 Å². The van der Waals surface area contributed by atoms with Gasteiger partial charge in [-0.2, -0.15) is 0 Å². The Morgan fingerprint density at radius 2 is 1.76 bits per heavy atom. The van der Waals surface area contributed by atoms with Crippen molar-refractivity contribution in [1.82, 2.24) is 10.2 Å². The Morgan fingerprint density at radius 1 is 1.18 bits per heavy atom. The first kappa shape index (κ1) is 12.0. The second kappa shape index (κ2) is 4.24. The monoisotopic (exact) mass is 236 g/mol. The van der Waals surface area contributed by atoms with Crippen molar-refractivity contribution in [1.29, 1.82) is 0 Å². The topological polar surface area (TPSA) is 15.3 Å². The third-order valence-corrected chi connectivity index (χ3v) is 5.00. The van der Waals surface area contributed by atoms with Crippen LogP contribution in [0.2, 0.25) is 0 Å². The highest BCUT2D eigenvalue weighted by atomic mass is 15.2. The third-order valence-electron chi connectivity index (χ3n) is 5.00. The van der Waals surface area contributed by atoms with Gasteiger partial charge >= 0.3 is 0 Å². The van der Waals surface area contributed by atoms with Gasteiger partial charge in [-0.1, -0.05) is 0 Å². The molecule has 1 N–H and O–H groups in total. The van der Waals surface area contributed by atoms with Crippen LogP contribution in [0.3, 0.4) is 0 Å². The summed E-state index contributed by atoms with van der Waals surface area (Å²) in [7, 11) is 0. The Morgan fingerprint density at radius 3 is 2.29 bits per heavy atom. The maximum absolute atomic E-state index is 3.66. The number of hydrogen-bond acceptors (Lipinski definition) is 2. The van der Waals surface area contributed by atoms with Gasteiger partial charge in [-0.25, -0.2) is 0 Å². The number of piperazine rings is 1. The predicted molar refractivity (Wildman–Crippen MR) is 72.1 cm³/mol. The zero-order valence-corrected chi connectivity index (χ0v) is 11.7. The third kappa shape index (κ3) is 2.85. The Kier molecular flexibility index (Phi) is 2.99. The predicted octanol–water partition coefficient (Wildman–Crippen LogP) is 2.49. The molecule has 2 heteroatoms. The van der Waals surface area contributed by atoms with E-state index in [1.807, 2.05) is 0 Å². The van der Waals surface area contributed by atoms with Crippen LogP contribution < -0.4 is 5.32 Å². The van der Waals surface area contributed by atoms with Gasteiger partial charge < -0.3 is 5.32 Å². The van der Waals surface area contributed by atoms with Gasteiger partial charge in [0.1, 0.15) is 0 Å². The Bertz CT molecular complexity index is 267. The highest BCUT2D eigenvalue weighted by molar-refractivity contribution is 4.96. The van der Waals surface area contributed by atoms with Gasteiger partial charge in [0.15, 0.2) is 0 Å². The van der Waals surface area contributed by atoms with Gasteiger partial charge in [0.2, 0.25) is 0 Å². The number of rotatable bonds is 4. The fourth-order valence-corrected chi connectivity index (χ4v) is 3.52. The van der Waals surface area contributed by atoms with Crippen LogP contribution in [0.5, 0.6) is 0 Å². The molecule has 0 bridgehead atoms. The molecule has 3 aliphatic rings. The van der Waals surface area contributed by atoms with E-state index in [-0.39, 0.29) is 0 Å². The van der Waals surface area contributed by atoms with Gasteiger partial charge in [-0.3, -0.25) is 4.90 Å². The fraction of sp³-hybridized carbons (Fsp3) is 1.00. The van der Waals surface area contributed by atoms with Crippen LogP contribution in [0.1, 0.15) is 46.5 Å². The van der Waals surface area contributed by atoms with Crippen LogP contribution in [0.4, 0.5) is 0 Å². The molecule has 0 spiro atoms. The molecule has 0 aromatic rings. The van der Waals surface area contributed by atoms with Crippen LogP contribution in [0.25, 0.3) is 0 Å². The molecule has 0 aromatic heterocycles. The van der Waals surface area contributed by atoms with Crippen LogP contribution in [0.15, 0.2) is 0 Å². The molecule has 3 fully saturated rings. The summed E-state index contributed by atoms with van der Waals surface area (Å²) in [4.78, 5) is 2.76. The first-order chi connectivity index (χ1) is 8.05. The molecule has 1 saturated heterocycles. The summed E-state index contributed by atoms with van der Waals surface area (Å²) < 4.78 is 0. The molecule has 1 heterocycles. The summed E-state index contributed by atoms with van der Waals surface area (Å²) in [5, 5.41) is 3.66. The molecular formula is C15H28N2. The lowest BCUT2D eigenvalue weighted by Gasteiger charge is -2.44. The van der Waals surface area contributed by atoms with Crippen molar-refractivity contribution in [3.05, 3.63) is 0 Å². The summed E-state index contributed by atoms with van der Waals surface area (Å²) in [5.41, 5.74) is 0.310. The quantitative estimate of drug-likeness (QED) is 0.807. The second-order valence-electron chi connectivity index (χ2n) is 7.38. The molecular weight excluding hydrogens is 208 g/mol. The normalized spacial score (nSPS) is 34.2. The molecule has 2 nitrogen and oxygen atoms in total. The molecule has 1 atom stereocenters. The van der Waals surface area contributed by atoms with E-state index in [1.54, 1.807) is 0 Å². The molecule has 1 aliphatic heterocycles. The molecule has 98 valence electrons. The summed E-state index contributed by atoms with van der Waals surface area (Å²) in [5.74, 6) is 3.21. The van der Waals surface area contributed by atoms with Crippen LogP contribution in [0, 0.1) is 17.8 Å². The molecule has 2 saturated carbocycles. The zero-order chi connectivity index (χ0) is 12.0. The van der Waals surface area contributed by atoms with Gasteiger partial charge in [-0.05, 0) is 64.2 Å². The van der Waals surface area contributed by atoms with E-state index in [4.69, 9.17) is 0 Å². The van der Waals surface area contributed by atoms with Crippen molar-refractivity contribution in [3.63, 3.8) is 0 Å². The minimum Gasteiger partial charge on any atom is -0.309 e. The molecule has 3 rings (SSSR count). The molecule has 17 heavy (non-hydrogen) atoms. The number of hydrogen-bond donors (Lipinski definition) is 1. The molecule has 0 radical (unpaired) electrons. The minimum atomic E-state index is 0.310. The molecule has 0 amide bonds. The summed E-state index contributed by atoms with van der Waals surface area (Å²) >= 11 is 0. The van der Waals surface area contributed by atoms with E-state index < -0.39 is 0 Å². The largest absolute Gasteiger partial charge is 0.309 e. The lowest BCUT2D eigenvalue weighted by molar-refractivity contribution is 0.0791. The second-order valence-corrected chi connectivity index (χ2v) is 7.38. The highest BCUT2D eigenvalue weighted by Crippen LogP contribution is 2.49. The average Bonchev–Trinajstić information content (AvgIpc) is 3.13. The first-order valence-corrected chi connectivity index (χ1v) is 7.54. The number of nitrogens with zero attached hydrogens (tertiary/aromatic N) is 1. The van der Waals surface area contributed by atoms with Gasteiger partial charge in [0.05, 0.1) is 0 Å². The maximum Gasteiger partial charge on any atom is 0.0252 e. The standard InChI is InChI=1S/C15H28N2/c1-11-8-16-15(2,3)10-17(11)9-14(12-4-5-12)13-6-7-13/h11-14,16H,4-10H2,1-3H3. The smallest absolute Gasteiger partial charge is 0.0252 e. The first-order valence-electron chi connectivity index (χ1n) is 7.54. The summed E-state index contributed by atoms with van der Waals surface area (Å²) in [6.45, 7) is 10.8. The van der Waals surface area contributed by atoms with Gasteiger partial charge in [-0.15, -0.1) is 0 Å². The van der Waals surface area contributed by atoms with E-state index in [2.05, 4.69) is 31.0 Å². The number of nitrogens with one attached hydrogen (secondary N) is 1. The van der Waals surface area contributed by atoms with E-state index in [1.165, 1.54) is 38.8 Å². The Balaban J connectivity index is 1.61. The van der Waals surface area contributed by atoms with E-state index >= 15 is 0 Å². The van der Waals surface area contributed by atoms with E-state index in [0.29, 0.717) is 5.54 Å². The molecule has 2 aliphatic carbocycles. The average molecular weight is 236 g/mol. The van der Waals surface area contributed by atoms with Gasteiger partial charge in [0.25, 0.3) is 0 Å². The lowest BCUT2D eigenvalue weighted by Crippen LogP contribution is -2.61. The van der Waals surface area contributed by atoms with Crippen LogP contribution in [-0.4, -0.2) is 36.1 Å². The summed E-state index contributed by atoms with van der Waals surface area (Å²) in [6, 6.07) is 0.725. The van der Waals surface area contributed by atoms with E-state index in [9.17, 15) is 0 Å². The summed E-state index contributed by atoms with van der Waals surface area (Å²) in [6.07, 6.45) is 6.08. The lowest BCUT2D eigenvalue weighted by atomic mass is 9.93. The fourth-order valence-electron chi connectivity index (χ4n) is 3.52. The molecule has 1 unspecified atom stereocenters. The van der Waals surface area contributed by atoms with Crippen molar-refractivity contribution in [2.24, 2.45) is 17.8 Å². The van der Waals surface area contributed by atoms with Crippen molar-refractivity contribution in [2.75, 3.05) is 19.6 Å². The maximum atomic E-state index is 3.66. The van der Waals surface area contributed by atoms with Crippen molar-refractivity contribution in [2.45, 2.75) is 58.0 Å². The van der Waals surface area contributed by atoms with Crippen molar-refractivity contribution < 1.29 is 0 Å². The molecule has 0 aromatic carbocycles. The Hall–Kier alpha value is -0.0800. The van der Waals surface area contributed by atoms with Crippen LogP contribution >= 0.6 is 0 Å². The van der Waals surface area contributed by atoms with Crippen molar-refractivity contribution >= 4 is 0 Å². The minimum absolute atomic E-state index is 0.310. The van der Waals surface area contributed by atoms with Gasteiger partial charge in [0, 0.05) is 31.2 Å². The zero-order valence-electron chi connectivity index (χ0n) is 11.7. The SMILES string of the molecule is CC1CNC(C)(C)CN1CC(C1CC1)C1CC1. The van der Waals surface area contributed by atoms with Crippen molar-refractivity contribution in [3.8, 4) is 0 Å². The van der Waals surface area contributed by atoms with Crippen LogP contribution in [-0.2, 0) is 0 Å².